The highest BCUT2D eigenvalue weighted by atomic mass is 19.4. The Kier molecular flexibility index (Phi) is 5.05. The maximum atomic E-state index is 13.1. The molecule has 0 radical (unpaired) electrons. The van der Waals surface area contributed by atoms with Gasteiger partial charge in [-0.1, -0.05) is 30.3 Å². The average molecular weight is 384 g/mol. The van der Waals surface area contributed by atoms with Crippen LogP contribution in [0.15, 0.2) is 67.0 Å². The Morgan fingerprint density at radius 3 is 2.64 bits per heavy atom. The lowest BCUT2D eigenvalue weighted by atomic mass is 10.0. The van der Waals surface area contributed by atoms with Crippen molar-refractivity contribution in [3.63, 3.8) is 0 Å². The van der Waals surface area contributed by atoms with E-state index in [9.17, 15) is 13.2 Å². The maximum absolute atomic E-state index is 13.1. The molecule has 3 nitrogen and oxygen atoms in total. The van der Waals surface area contributed by atoms with E-state index >= 15 is 0 Å². The largest absolute Gasteiger partial charge is 0.492 e. The van der Waals surface area contributed by atoms with E-state index in [1.807, 2.05) is 42.6 Å². The van der Waals surface area contributed by atoms with Gasteiger partial charge in [-0.05, 0) is 41.0 Å². The minimum Gasteiger partial charge on any atom is -0.492 e. The Labute approximate surface area is 161 Å². The second-order valence-corrected chi connectivity index (χ2v) is 6.78. The molecule has 1 aliphatic heterocycles. The molecule has 0 saturated heterocycles. The topological polar surface area (TPSA) is 25.4 Å². The quantitative estimate of drug-likeness (QED) is 0.624. The lowest BCUT2D eigenvalue weighted by Crippen LogP contribution is -2.25. The van der Waals surface area contributed by atoms with Crippen molar-refractivity contribution >= 4 is 0 Å². The van der Waals surface area contributed by atoms with Crippen LogP contribution in [-0.2, 0) is 19.3 Å². The Morgan fingerprint density at radius 1 is 1.04 bits per heavy atom. The summed E-state index contributed by atoms with van der Waals surface area (Å²) in [6.45, 7) is 2.03. The molecule has 4 rings (SSSR count). The third-order valence-electron chi connectivity index (χ3n) is 4.83. The molecule has 2 aromatic carbocycles. The number of nitrogens with zero attached hydrogens (tertiary/aromatic N) is 2. The second kappa shape index (κ2) is 7.64. The van der Waals surface area contributed by atoms with Crippen molar-refractivity contribution in [2.45, 2.75) is 19.3 Å². The minimum absolute atomic E-state index is 0.391. The molecule has 0 bridgehead atoms. The minimum atomic E-state index is -4.37. The molecular formula is C22H19F3N2O. The predicted molar refractivity (Wildman–Crippen MR) is 101 cm³/mol. The van der Waals surface area contributed by atoms with Crippen molar-refractivity contribution in [1.82, 2.24) is 9.88 Å². The van der Waals surface area contributed by atoms with Crippen molar-refractivity contribution < 1.29 is 17.9 Å². The zero-order chi connectivity index (χ0) is 19.6. The van der Waals surface area contributed by atoms with Gasteiger partial charge in [-0.25, -0.2) is 0 Å². The molecule has 0 unspecified atom stereocenters. The number of ether oxygens (including phenoxy) is 1. The first-order valence-electron chi connectivity index (χ1n) is 9.04. The molecule has 0 spiro atoms. The van der Waals surface area contributed by atoms with Crippen molar-refractivity contribution in [2.24, 2.45) is 0 Å². The lowest BCUT2D eigenvalue weighted by molar-refractivity contribution is -0.137. The molecule has 0 atom stereocenters. The fourth-order valence-electron chi connectivity index (χ4n) is 3.45. The number of benzene rings is 2. The van der Waals surface area contributed by atoms with Crippen LogP contribution in [0, 0.1) is 0 Å². The van der Waals surface area contributed by atoms with Gasteiger partial charge in [0, 0.05) is 37.6 Å². The van der Waals surface area contributed by atoms with Crippen molar-refractivity contribution in [2.75, 3.05) is 13.2 Å². The summed E-state index contributed by atoms with van der Waals surface area (Å²) in [5.74, 6) is 0.518. The van der Waals surface area contributed by atoms with Crippen LogP contribution in [0.3, 0.4) is 0 Å². The van der Waals surface area contributed by atoms with Crippen LogP contribution in [0.2, 0.25) is 0 Å². The van der Waals surface area contributed by atoms with Crippen molar-refractivity contribution in [1.29, 1.82) is 0 Å². The molecule has 144 valence electrons. The molecule has 2 heterocycles. The highest BCUT2D eigenvalue weighted by Crippen LogP contribution is 2.34. The van der Waals surface area contributed by atoms with Crippen LogP contribution in [0.5, 0.6) is 5.75 Å². The first-order chi connectivity index (χ1) is 13.5. The number of alkyl halides is 3. The normalized spacial score (nSPS) is 14.8. The standard InChI is InChI=1S/C22H19F3N2O/c23-22(24,25)19-6-7-21-17(12-19)14-27(10-11-28-21)15-18-13-26-9-8-20(18)16-4-2-1-3-5-16/h1-9,12-13H,10-11,14-15H2. The zero-order valence-corrected chi connectivity index (χ0v) is 15.1. The van der Waals surface area contributed by atoms with Crippen molar-refractivity contribution in [3.8, 4) is 16.9 Å². The number of rotatable bonds is 3. The summed E-state index contributed by atoms with van der Waals surface area (Å²) in [5.41, 5.74) is 3.10. The van der Waals surface area contributed by atoms with Gasteiger partial charge in [-0.2, -0.15) is 13.2 Å². The van der Waals surface area contributed by atoms with Crippen LogP contribution >= 0.6 is 0 Å². The van der Waals surface area contributed by atoms with Gasteiger partial charge in [0.1, 0.15) is 12.4 Å². The summed E-state index contributed by atoms with van der Waals surface area (Å²) < 4.78 is 44.9. The summed E-state index contributed by atoms with van der Waals surface area (Å²) in [7, 11) is 0. The van der Waals surface area contributed by atoms with Crippen molar-refractivity contribution in [3.05, 3.63) is 83.7 Å². The van der Waals surface area contributed by atoms with Crippen LogP contribution in [0.25, 0.3) is 11.1 Å². The average Bonchev–Trinajstić information content (AvgIpc) is 2.89. The van der Waals surface area contributed by atoms with E-state index in [4.69, 9.17) is 4.74 Å². The van der Waals surface area contributed by atoms with E-state index in [2.05, 4.69) is 9.88 Å². The molecule has 0 amide bonds. The highest BCUT2D eigenvalue weighted by molar-refractivity contribution is 5.66. The monoisotopic (exact) mass is 384 g/mol. The van der Waals surface area contributed by atoms with Crippen LogP contribution in [0.4, 0.5) is 13.2 Å². The van der Waals surface area contributed by atoms with Crippen LogP contribution < -0.4 is 4.74 Å². The van der Waals surface area contributed by atoms with Gasteiger partial charge < -0.3 is 4.74 Å². The maximum Gasteiger partial charge on any atom is 0.416 e. The van der Waals surface area contributed by atoms with E-state index in [-0.39, 0.29) is 0 Å². The summed E-state index contributed by atoms with van der Waals surface area (Å²) in [6.07, 6.45) is -0.792. The van der Waals surface area contributed by atoms with Gasteiger partial charge in [0.2, 0.25) is 0 Å². The first kappa shape index (κ1) is 18.5. The van der Waals surface area contributed by atoms with E-state index in [0.717, 1.165) is 22.8 Å². The number of fused-ring (bicyclic) bond motifs is 1. The molecule has 0 saturated carbocycles. The first-order valence-corrected chi connectivity index (χ1v) is 9.04. The second-order valence-electron chi connectivity index (χ2n) is 6.78. The molecule has 0 fully saturated rings. The molecule has 0 aliphatic carbocycles. The SMILES string of the molecule is FC(F)(F)c1ccc2c(c1)CN(Cc1cnccc1-c1ccccc1)CCO2. The summed E-state index contributed by atoms with van der Waals surface area (Å²) in [5, 5.41) is 0. The van der Waals surface area contributed by atoms with Gasteiger partial charge in [-0.3, -0.25) is 9.88 Å². The van der Waals surface area contributed by atoms with E-state index in [0.29, 0.717) is 37.6 Å². The Morgan fingerprint density at radius 2 is 1.86 bits per heavy atom. The highest BCUT2D eigenvalue weighted by Gasteiger charge is 2.31. The Bertz CT molecular complexity index is 957. The Balaban J connectivity index is 1.61. The van der Waals surface area contributed by atoms with Gasteiger partial charge in [0.05, 0.1) is 5.56 Å². The van der Waals surface area contributed by atoms with Gasteiger partial charge in [-0.15, -0.1) is 0 Å². The van der Waals surface area contributed by atoms with Crippen LogP contribution in [-0.4, -0.2) is 23.0 Å². The van der Waals surface area contributed by atoms with E-state index < -0.39 is 11.7 Å². The molecule has 28 heavy (non-hydrogen) atoms. The van der Waals surface area contributed by atoms with E-state index in [1.165, 1.54) is 12.1 Å². The third kappa shape index (κ3) is 4.02. The summed E-state index contributed by atoms with van der Waals surface area (Å²) in [6, 6.07) is 15.6. The van der Waals surface area contributed by atoms with Gasteiger partial charge in [0.15, 0.2) is 0 Å². The van der Waals surface area contributed by atoms with Crippen LogP contribution in [0.1, 0.15) is 16.7 Å². The summed E-state index contributed by atoms with van der Waals surface area (Å²) >= 11 is 0. The zero-order valence-electron chi connectivity index (χ0n) is 15.1. The number of pyridine rings is 1. The van der Waals surface area contributed by atoms with Gasteiger partial charge in [0.25, 0.3) is 0 Å². The Hall–Kier alpha value is -2.86. The fraction of sp³-hybridized carbons (Fsp3) is 0.227. The molecule has 1 aromatic heterocycles. The number of halogens is 3. The molecule has 1 aliphatic rings. The predicted octanol–water partition coefficient (Wildman–Crippen LogP) is 5.16. The van der Waals surface area contributed by atoms with E-state index in [1.54, 1.807) is 6.20 Å². The smallest absolute Gasteiger partial charge is 0.416 e. The van der Waals surface area contributed by atoms with Gasteiger partial charge >= 0.3 is 6.18 Å². The molecule has 3 aromatic rings. The number of aromatic nitrogens is 1. The molecule has 6 heteroatoms. The number of hydrogen-bond donors (Lipinski definition) is 0. The number of hydrogen-bond acceptors (Lipinski definition) is 3. The third-order valence-corrected chi connectivity index (χ3v) is 4.83. The lowest BCUT2D eigenvalue weighted by Gasteiger charge is -2.21. The molecule has 0 N–H and O–H groups in total. The summed E-state index contributed by atoms with van der Waals surface area (Å²) in [4.78, 5) is 6.34. The fourth-order valence-corrected chi connectivity index (χ4v) is 3.45. The molecular weight excluding hydrogens is 365 g/mol.